The second-order valence-electron chi connectivity index (χ2n) is 6.77. The Hall–Kier alpha value is -2.37. The lowest BCUT2D eigenvalue weighted by Gasteiger charge is -2.30. The van der Waals surface area contributed by atoms with E-state index in [4.69, 9.17) is 4.55 Å². The highest BCUT2D eigenvalue weighted by atomic mass is 32.2. The summed E-state index contributed by atoms with van der Waals surface area (Å²) in [6.45, 7) is -3.43. The van der Waals surface area contributed by atoms with Crippen molar-refractivity contribution in [3.05, 3.63) is 28.8 Å². The van der Waals surface area contributed by atoms with Gasteiger partial charge in [-0.25, -0.2) is 0 Å². The number of ketones is 1. The van der Waals surface area contributed by atoms with E-state index < -0.39 is 90.8 Å². The second-order valence-corrected chi connectivity index (χ2v) is 9.82. The summed E-state index contributed by atoms with van der Waals surface area (Å²) < 4.78 is 220. The summed E-state index contributed by atoms with van der Waals surface area (Å²) in [6.07, 6.45) is -11.3. The van der Waals surface area contributed by atoms with Crippen LogP contribution in [0.2, 0.25) is 0 Å². The first-order valence-corrected chi connectivity index (χ1v) is 11.5. The van der Waals surface area contributed by atoms with Gasteiger partial charge in [0.25, 0.3) is 0 Å². The van der Waals surface area contributed by atoms with E-state index >= 15 is 0 Å². The van der Waals surface area contributed by atoms with Gasteiger partial charge in [0.1, 0.15) is 0 Å². The van der Waals surface area contributed by atoms with Crippen LogP contribution in [0.1, 0.15) is 28.4 Å². The van der Waals surface area contributed by atoms with Crippen LogP contribution < -0.4 is 4.18 Å². The normalized spacial score (nSPS) is 14.5. The maximum absolute atomic E-state index is 14.1. The molecule has 0 spiro atoms. The molecule has 1 N–H and O–H groups in total. The van der Waals surface area contributed by atoms with E-state index in [9.17, 15) is 74.3 Å². The van der Waals surface area contributed by atoms with E-state index in [-0.39, 0.29) is 12.1 Å². The van der Waals surface area contributed by atoms with E-state index in [0.29, 0.717) is 6.92 Å². The molecule has 38 heavy (non-hydrogen) atoms. The van der Waals surface area contributed by atoms with Crippen molar-refractivity contribution in [3.8, 4) is 5.75 Å². The first kappa shape index (κ1) is 33.7. The fourth-order valence-electron chi connectivity index (χ4n) is 2.25. The molecule has 1 aromatic carbocycles. The average molecular weight is 626 g/mol. The summed E-state index contributed by atoms with van der Waals surface area (Å²) in [5.74, 6) is -10.8. The molecule has 220 valence electrons. The molecule has 9 nitrogen and oxygen atoms in total. The van der Waals surface area contributed by atoms with Gasteiger partial charge in [-0.05, 0) is 19.1 Å². The Morgan fingerprint density at radius 2 is 1.13 bits per heavy atom. The van der Waals surface area contributed by atoms with Crippen molar-refractivity contribution in [1.82, 2.24) is 0 Å². The molecule has 0 unspecified atom stereocenters. The van der Waals surface area contributed by atoms with E-state index in [1.807, 2.05) is 0 Å². The average Bonchev–Trinajstić information content (AvgIpc) is 2.68. The summed E-state index contributed by atoms with van der Waals surface area (Å²) in [5, 5.41) is -14.6. The molecule has 0 radical (unpaired) electrons. The lowest BCUT2D eigenvalue weighted by molar-refractivity contribution is -0.330. The molecule has 0 aromatic heterocycles. The molecule has 23 heteroatoms. The molecular weight excluding hydrogens is 616 g/mol. The standard InChI is InChI=1S/C15H10F12O9S2/c1-6(28)7-2-8(4-34-14(22,23)24)10(9(3-7)5-35-15(25,26)27)36-38(32,33)13(20,21)11(16,17)12(18,19)37(29,30)31/h2-3H,4-5H2,1H3,(H,29,30,31). The van der Waals surface area contributed by atoms with E-state index in [0.717, 1.165) is 0 Å². The molecule has 0 fully saturated rings. The Morgan fingerprint density at radius 1 is 0.763 bits per heavy atom. The summed E-state index contributed by atoms with van der Waals surface area (Å²) in [4.78, 5) is 11.6. The minimum atomic E-state index is -7.70. The van der Waals surface area contributed by atoms with Crippen LogP contribution in [0.5, 0.6) is 5.75 Å². The number of carbonyl (C=O) groups is 1. The van der Waals surface area contributed by atoms with Crippen LogP contribution in [0.25, 0.3) is 0 Å². The highest BCUT2D eigenvalue weighted by Gasteiger charge is 2.83. The minimum Gasteiger partial charge on any atom is -0.377 e. The minimum absolute atomic E-state index is 0.166. The molecule has 1 aromatic rings. The summed E-state index contributed by atoms with van der Waals surface area (Å²) in [7, 11) is -15.2. The van der Waals surface area contributed by atoms with Gasteiger partial charge in [-0.1, -0.05) is 0 Å². The summed E-state index contributed by atoms with van der Waals surface area (Å²) in [6, 6.07) is 0.332. The first-order chi connectivity index (χ1) is 16.6. The molecule has 0 saturated heterocycles. The van der Waals surface area contributed by atoms with Gasteiger partial charge in [-0.15, -0.1) is 26.3 Å². The number of benzene rings is 1. The van der Waals surface area contributed by atoms with Crippen molar-refractivity contribution in [2.24, 2.45) is 0 Å². The van der Waals surface area contributed by atoms with Crippen molar-refractivity contribution in [1.29, 1.82) is 0 Å². The van der Waals surface area contributed by atoms with Gasteiger partial charge in [0, 0.05) is 16.7 Å². The molecule has 0 atom stereocenters. The van der Waals surface area contributed by atoms with Gasteiger partial charge in [-0.3, -0.25) is 18.8 Å². The zero-order valence-electron chi connectivity index (χ0n) is 17.6. The van der Waals surface area contributed by atoms with Crippen LogP contribution in [0.3, 0.4) is 0 Å². The third-order valence-electron chi connectivity index (χ3n) is 3.99. The van der Waals surface area contributed by atoms with Gasteiger partial charge >= 0.3 is 49.4 Å². The fourth-order valence-corrected chi connectivity index (χ4v) is 3.75. The molecule has 0 bridgehead atoms. The number of halogens is 12. The molecule has 1 rings (SSSR count). The topological polar surface area (TPSA) is 133 Å². The fraction of sp³-hybridized carbons (Fsp3) is 0.533. The van der Waals surface area contributed by atoms with Gasteiger partial charge in [0.2, 0.25) is 0 Å². The van der Waals surface area contributed by atoms with Crippen LogP contribution in [0.4, 0.5) is 52.7 Å². The summed E-state index contributed by atoms with van der Waals surface area (Å²) in [5.41, 5.74) is -3.91. The largest absolute Gasteiger partial charge is 0.522 e. The number of hydrogen-bond donors (Lipinski definition) is 1. The van der Waals surface area contributed by atoms with Crippen molar-refractivity contribution in [3.63, 3.8) is 0 Å². The van der Waals surface area contributed by atoms with Crippen molar-refractivity contribution >= 4 is 26.0 Å². The SMILES string of the molecule is CC(=O)c1cc(COC(F)(F)F)c(OS(=O)(=O)C(F)(F)C(F)(F)C(F)(F)S(=O)(=O)O)c(COC(F)(F)F)c1. The van der Waals surface area contributed by atoms with Crippen LogP contribution in [0.15, 0.2) is 12.1 Å². The number of ether oxygens (including phenoxy) is 2. The molecular formula is C15H10F12O9S2. The number of Topliss-reactive ketones (excluding diaryl/α,β-unsaturated/α-hetero) is 1. The van der Waals surface area contributed by atoms with Gasteiger partial charge in [0.15, 0.2) is 11.5 Å². The monoisotopic (exact) mass is 626 g/mol. The van der Waals surface area contributed by atoms with Gasteiger partial charge in [-0.2, -0.15) is 43.2 Å². The molecule has 0 heterocycles. The van der Waals surface area contributed by atoms with Crippen molar-refractivity contribution in [2.45, 2.75) is 49.3 Å². The van der Waals surface area contributed by atoms with E-state index in [2.05, 4.69) is 13.7 Å². The quantitative estimate of drug-likeness (QED) is 0.165. The zero-order valence-corrected chi connectivity index (χ0v) is 19.3. The number of alkyl halides is 12. The van der Waals surface area contributed by atoms with Crippen molar-refractivity contribution in [2.75, 3.05) is 0 Å². The Morgan fingerprint density at radius 3 is 1.42 bits per heavy atom. The number of carbonyl (C=O) groups excluding carboxylic acids is 1. The molecule has 0 aliphatic heterocycles. The predicted molar refractivity (Wildman–Crippen MR) is 94.1 cm³/mol. The third kappa shape index (κ3) is 7.18. The molecule has 0 aliphatic carbocycles. The summed E-state index contributed by atoms with van der Waals surface area (Å²) >= 11 is 0. The highest BCUT2D eigenvalue weighted by Crippen LogP contribution is 2.51. The molecule has 0 aliphatic rings. The second kappa shape index (κ2) is 10.3. The highest BCUT2D eigenvalue weighted by molar-refractivity contribution is 7.88. The van der Waals surface area contributed by atoms with Crippen LogP contribution >= 0.6 is 0 Å². The smallest absolute Gasteiger partial charge is 0.377 e. The Kier molecular flexibility index (Phi) is 9.13. The van der Waals surface area contributed by atoms with Crippen LogP contribution in [-0.2, 0) is 42.9 Å². The van der Waals surface area contributed by atoms with Crippen LogP contribution in [-0.4, -0.2) is 56.3 Å². The molecule has 0 amide bonds. The number of hydrogen-bond acceptors (Lipinski definition) is 8. The van der Waals surface area contributed by atoms with Crippen LogP contribution in [0, 0.1) is 0 Å². The van der Waals surface area contributed by atoms with Crippen molar-refractivity contribution < 1.29 is 92.5 Å². The van der Waals surface area contributed by atoms with E-state index in [1.165, 1.54) is 0 Å². The zero-order chi connectivity index (χ0) is 30.3. The Labute approximate surface area is 203 Å². The van der Waals surface area contributed by atoms with Gasteiger partial charge < -0.3 is 4.18 Å². The first-order valence-electron chi connectivity index (χ1n) is 8.70. The third-order valence-corrected chi connectivity index (χ3v) is 6.17. The maximum Gasteiger partial charge on any atom is 0.522 e. The number of rotatable bonds is 11. The lowest BCUT2D eigenvalue weighted by atomic mass is 10.0. The lowest BCUT2D eigenvalue weighted by Crippen LogP contribution is -2.61. The Bertz CT molecular complexity index is 1230. The molecule has 0 saturated carbocycles. The Balaban J connectivity index is 3.87. The van der Waals surface area contributed by atoms with E-state index in [1.54, 1.807) is 0 Å². The predicted octanol–water partition coefficient (Wildman–Crippen LogP) is 4.38. The maximum atomic E-state index is 14.1. The van der Waals surface area contributed by atoms with Gasteiger partial charge in [0.05, 0.1) is 13.2 Å².